The number of hydrogen-bond donors (Lipinski definition) is 2. The SMILES string of the molecule is CNC(=O)c1sc(N2CCOC(C)C2)c(OC(C)C)c1N. The zero-order valence-electron chi connectivity index (χ0n) is 12.9. The topological polar surface area (TPSA) is 76.8 Å². The zero-order chi connectivity index (χ0) is 15.6. The Labute approximate surface area is 129 Å². The smallest absolute Gasteiger partial charge is 0.263 e. The van der Waals surface area contributed by atoms with E-state index in [0.717, 1.165) is 18.1 Å². The molecule has 7 heteroatoms. The molecule has 0 aliphatic carbocycles. The van der Waals surface area contributed by atoms with Gasteiger partial charge in [0, 0.05) is 20.1 Å². The van der Waals surface area contributed by atoms with E-state index in [1.165, 1.54) is 11.3 Å². The lowest BCUT2D eigenvalue weighted by atomic mass is 10.3. The first-order chi connectivity index (χ1) is 9.93. The molecule has 1 aliphatic rings. The van der Waals surface area contributed by atoms with Gasteiger partial charge in [-0.25, -0.2) is 0 Å². The molecule has 1 aliphatic heterocycles. The predicted molar refractivity (Wildman–Crippen MR) is 85.5 cm³/mol. The van der Waals surface area contributed by atoms with Crippen molar-refractivity contribution >= 4 is 27.9 Å². The molecule has 1 amide bonds. The molecule has 1 fully saturated rings. The van der Waals surface area contributed by atoms with Gasteiger partial charge in [0.25, 0.3) is 5.91 Å². The van der Waals surface area contributed by atoms with Crippen molar-refractivity contribution in [1.82, 2.24) is 5.32 Å². The molecule has 2 heterocycles. The van der Waals surface area contributed by atoms with Gasteiger partial charge in [-0.05, 0) is 20.8 Å². The Hall–Kier alpha value is -1.47. The van der Waals surface area contributed by atoms with Crippen molar-refractivity contribution in [3.8, 4) is 5.75 Å². The molecule has 0 aromatic carbocycles. The summed E-state index contributed by atoms with van der Waals surface area (Å²) in [6.07, 6.45) is 0.147. The molecule has 0 saturated carbocycles. The van der Waals surface area contributed by atoms with Gasteiger partial charge in [0.2, 0.25) is 0 Å². The number of carbonyl (C=O) groups excluding carboxylic acids is 1. The highest BCUT2D eigenvalue weighted by molar-refractivity contribution is 7.19. The fraction of sp³-hybridized carbons (Fsp3) is 0.643. The molecule has 1 saturated heterocycles. The largest absolute Gasteiger partial charge is 0.486 e. The third-order valence-electron chi connectivity index (χ3n) is 3.20. The summed E-state index contributed by atoms with van der Waals surface area (Å²) >= 11 is 1.38. The monoisotopic (exact) mass is 313 g/mol. The fourth-order valence-electron chi connectivity index (χ4n) is 2.26. The van der Waals surface area contributed by atoms with Crippen LogP contribution in [-0.2, 0) is 4.74 Å². The van der Waals surface area contributed by atoms with Crippen molar-refractivity contribution in [3.05, 3.63) is 4.88 Å². The van der Waals surface area contributed by atoms with E-state index in [1.807, 2.05) is 20.8 Å². The van der Waals surface area contributed by atoms with Crippen LogP contribution in [-0.4, -0.2) is 44.9 Å². The van der Waals surface area contributed by atoms with E-state index in [4.69, 9.17) is 15.2 Å². The van der Waals surface area contributed by atoms with Gasteiger partial charge in [0.05, 0.1) is 18.8 Å². The minimum absolute atomic E-state index is 0.00310. The molecule has 3 N–H and O–H groups in total. The summed E-state index contributed by atoms with van der Waals surface area (Å²) in [4.78, 5) is 14.6. The molecule has 1 aromatic heterocycles. The summed E-state index contributed by atoms with van der Waals surface area (Å²) in [6.45, 7) is 8.12. The second kappa shape index (κ2) is 6.53. The Bertz CT molecular complexity index is 516. The molecule has 6 nitrogen and oxygen atoms in total. The first-order valence-corrected chi connectivity index (χ1v) is 7.93. The van der Waals surface area contributed by atoms with Crippen LogP contribution in [0.5, 0.6) is 5.75 Å². The van der Waals surface area contributed by atoms with Crippen molar-refractivity contribution in [3.63, 3.8) is 0 Å². The zero-order valence-corrected chi connectivity index (χ0v) is 13.8. The summed E-state index contributed by atoms with van der Waals surface area (Å²) in [7, 11) is 1.60. The molecule has 2 rings (SSSR count). The second-order valence-electron chi connectivity index (χ2n) is 5.35. The van der Waals surface area contributed by atoms with E-state index < -0.39 is 0 Å². The maximum Gasteiger partial charge on any atom is 0.263 e. The van der Waals surface area contributed by atoms with Gasteiger partial charge in [0.1, 0.15) is 15.6 Å². The first kappa shape index (κ1) is 15.9. The lowest BCUT2D eigenvalue weighted by Crippen LogP contribution is -2.40. The lowest BCUT2D eigenvalue weighted by Gasteiger charge is -2.32. The number of nitrogens with zero attached hydrogens (tertiary/aromatic N) is 1. The van der Waals surface area contributed by atoms with Crippen molar-refractivity contribution in [2.75, 3.05) is 37.4 Å². The van der Waals surface area contributed by atoms with E-state index in [0.29, 0.717) is 22.9 Å². The maximum atomic E-state index is 12.0. The van der Waals surface area contributed by atoms with Crippen molar-refractivity contribution < 1.29 is 14.3 Å². The first-order valence-electron chi connectivity index (χ1n) is 7.11. The molecular weight excluding hydrogens is 290 g/mol. The van der Waals surface area contributed by atoms with E-state index in [-0.39, 0.29) is 18.1 Å². The van der Waals surface area contributed by atoms with E-state index in [1.54, 1.807) is 7.05 Å². The fourth-order valence-corrected chi connectivity index (χ4v) is 3.40. The van der Waals surface area contributed by atoms with Crippen LogP contribution in [0.1, 0.15) is 30.4 Å². The van der Waals surface area contributed by atoms with Crippen molar-refractivity contribution in [2.45, 2.75) is 33.0 Å². The molecule has 1 atom stereocenters. The Morgan fingerprint density at radius 3 is 2.86 bits per heavy atom. The number of nitrogens with one attached hydrogen (secondary N) is 1. The number of carbonyl (C=O) groups is 1. The average Bonchev–Trinajstić information content (AvgIpc) is 2.75. The molecule has 0 bridgehead atoms. The number of rotatable bonds is 4. The van der Waals surface area contributed by atoms with Gasteiger partial charge in [-0.3, -0.25) is 4.79 Å². The third-order valence-corrected chi connectivity index (χ3v) is 4.44. The predicted octanol–water partition coefficient (Wildman–Crippen LogP) is 1.70. The molecule has 1 aromatic rings. The van der Waals surface area contributed by atoms with E-state index >= 15 is 0 Å². The van der Waals surface area contributed by atoms with E-state index in [9.17, 15) is 4.79 Å². The average molecular weight is 313 g/mol. The summed E-state index contributed by atoms with van der Waals surface area (Å²) < 4.78 is 11.4. The minimum atomic E-state index is -0.182. The standard InChI is InChI=1S/C14H23N3O3S/c1-8(2)20-11-10(15)12(13(18)16-4)21-14(11)17-5-6-19-9(3)7-17/h8-9H,5-7,15H2,1-4H3,(H,16,18). The minimum Gasteiger partial charge on any atom is -0.486 e. The second-order valence-corrected chi connectivity index (χ2v) is 6.35. The van der Waals surface area contributed by atoms with Crippen LogP contribution >= 0.6 is 11.3 Å². The Balaban J connectivity index is 2.39. The highest BCUT2D eigenvalue weighted by Crippen LogP contribution is 2.45. The summed E-state index contributed by atoms with van der Waals surface area (Å²) in [6, 6.07) is 0. The molecule has 0 spiro atoms. The van der Waals surface area contributed by atoms with Gasteiger partial charge in [-0.2, -0.15) is 0 Å². The van der Waals surface area contributed by atoms with Crippen LogP contribution in [0.4, 0.5) is 10.7 Å². The number of morpholine rings is 1. The summed E-state index contributed by atoms with van der Waals surface area (Å²) in [5.74, 6) is 0.432. The summed E-state index contributed by atoms with van der Waals surface area (Å²) in [5.41, 5.74) is 6.56. The molecule has 21 heavy (non-hydrogen) atoms. The van der Waals surface area contributed by atoms with Crippen LogP contribution < -0.4 is 20.7 Å². The molecule has 1 unspecified atom stereocenters. The highest BCUT2D eigenvalue weighted by atomic mass is 32.1. The number of nitrogens with two attached hydrogens (primary N) is 1. The van der Waals surface area contributed by atoms with Crippen LogP contribution in [0.15, 0.2) is 0 Å². The van der Waals surface area contributed by atoms with Crippen molar-refractivity contribution in [1.29, 1.82) is 0 Å². The highest BCUT2D eigenvalue weighted by Gasteiger charge is 2.28. The number of thiophene rings is 1. The molecule has 0 radical (unpaired) electrons. The molecule has 118 valence electrons. The number of anilines is 2. The van der Waals surface area contributed by atoms with Crippen LogP contribution in [0.2, 0.25) is 0 Å². The van der Waals surface area contributed by atoms with Gasteiger partial charge in [-0.15, -0.1) is 11.3 Å². The van der Waals surface area contributed by atoms with Crippen LogP contribution in [0.3, 0.4) is 0 Å². The third kappa shape index (κ3) is 3.41. The number of amides is 1. The number of ether oxygens (including phenoxy) is 2. The van der Waals surface area contributed by atoms with Gasteiger partial charge in [0.15, 0.2) is 5.75 Å². The van der Waals surface area contributed by atoms with Gasteiger partial charge < -0.3 is 25.4 Å². The Morgan fingerprint density at radius 2 is 2.29 bits per heavy atom. The normalized spacial score (nSPS) is 18.9. The summed E-state index contributed by atoms with van der Waals surface area (Å²) in [5, 5.41) is 3.53. The van der Waals surface area contributed by atoms with Gasteiger partial charge in [-0.1, -0.05) is 0 Å². The van der Waals surface area contributed by atoms with Crippen LogP contribution in [0.25, 0.3) is 0 Å². The van der Waals surface area contributed by atoms with Gasteiger partial charge >= 0.3 is 0 Å². The number of hydrogen-bond acceptors (Lipinski definition) is 6. The number of nitrogen functional groups attached to an aromatic ring is 1. The quantitative estimate of drug-likeness (QED) is 0.885. The maximum absolute atomic E-state index is 12.0. The Morgan fingerprint density at radius 1 is 1.57 bits per heavy atom. The lowest BCUT2D eigenvalue weighted by molar-refractivity contribution is 0.0532. The molecular formula is C14H23N3O3S. The Kier molecular flexibility index (Phi) is 4.95. The van der Waals surface area contributed by atoms with Crippen LogP contribution in [0, 0.1) is 0 Å². The van der Waals surface area contributed by atoms with Crippen molar-refractivity contribution in [2.24, 2.45) is 0 Å². The van der Waals surface area contributed by atoms with E-state index in [2.05, 4.69) is 10.2 Å².